The third-order valence-electron chi connectivity index (χ3n) is 1.40. The fourth-order valence-corrected chi connectivity index (χ4v) is 1.39. The van der Waals surface area contributed by atoms with Crippen LogP contribution < -0.4 is 4.74 Å². The lowest BCUT2D eigenvalue weighted by Crippen LogP contribution is -1.87. The summed E-state index contributed by atoms with van der Waals surface area (Å²) in [6.07, 6.45) is 0. The highest BCUT2D eigenvalue weighted by Crippen LogP contribution is 2.19. The summed E-state index contributed by atoms with van der Waals surface area (Å²) in [6.45, 7) is -0.414. The Labute approximate surface area is 78.7 Å². The van der Waals surface area contributed by atoms with E-state index >= 15 is 0 Å². The second-order valence-electron chi connectivity index (χ2n) is 2.09. The third-order valence-corrected chi connectivity index (χ3v) is 2.41. The van der Waals surface area contributed by atoms with E-state index in [9.17, 15) is 4.39 Å². The van der Waals surface area contributed by atoms with Crippen molar-refractivity contribution in [2.75, 3.05) is 7.11 Å². The molecule has 0 saturated heterocycles. The summed E-state index contributed by atoms with van der Waals surface area (Å²) >= 11 is 2.09. The maximum absolute atomic E-state index is 12.2. The zero-order valence-corrected chi connectivity index (χ0v) is 8.26. The van der Waals surface area contributed by atoms with Gasteiger partial charge in [-0.2, -0.15) is 0 Å². The van der Waals surface area contributed by atoms with Crippen LogP contribution in [0.5, 0.6) is 5.75 Å². The van der Waals surface area contributed by atoms with E-state index in [1.165, 1.54) is 0 Å². The fourth-order valence-electron chi connectivity index (χ4n) is 0.763. The zero-order chi connectivity index (χ0) is 8.27. The Balaban J connectivity index is 2.99. The first-order valence-electron chi connectivity index (χ1n) is 3.16. The normalized spacial score (nSPS) is 9.73. The molecule has 0 aliphatic carbocycles. The van der Waals surface area contributed by atoms with E-state index in [4.69, 9.17) is 4.74 Å². The van der Waals surface area contributed by atoms with Crippen LogP contribution in [-0.2, 0) is 6.67 Å². The first-order valence-corrected chi connectivity index (χ1v) is 4.24. The van der Waals surface area contributed by atoms with Gasteiger partial charge in [-0.05, 0) is 40.3 Å². The molecule has 0 saturated carbocycles. The Morgan fingerprint density at radius 1 is 1.55 bits per heavy atom. The third kappa shape index (κ3) is 2.05. The van der Waals surface area contributed by atoms with E-state index in [0.29, 0.717) is 5.56 Å². The molecule has 0 atom stereocenters. The predicted octanol–water partition coefficient (Wildman–Crippen LogP) is 2.77. The monoisotopic (exact) mass is 266 g/mol. The first-order chi connectivity index (χ1) is 5.27. The summed E-state index contributed by atoms with van der Waals surface area (Å²) in [6, 6.07) is 5.31. The van der Waals surface area contributed by atoms with E-state index in [0.717, 1.165) is 9.32 Å². The van der Waals surface area contributed by atoms with Gasteiger partial charge in [-0.15, -0.1) is 0 Å². The van der Waals surface area contributed by atoms with Gasteiger partial charge in [0.2, 0.25) is 0 Å². The summed E-state index contributed by atoms with van der Waals surface area (Å²) in [4.78, 5) is 0. The van der Waals surface area contributed by atoms with Gasteiger partial charge in [0.05, 0.1) is 7.11 Å². The van der Waals surface area contributed by atoms with Gasteiger partial charge in [0.15, 0.2) is 0 Å². The molecular formula is C8H8FIO. The quantitative estimate of drug-likeness (QED) is 0.748. The van der Waals surface area contributed by atoms with E-state index in [1.807, 2.05) is 6.07 Å². The number of methoxy groups -OCH3 is 1. The Kier molecular flexibility index (Phi) is 3.11. The Morgan fingerprint density at radius 2 is 2.27 bits per heavy atom. The van der Waals surface area contributed by atoms with Gasteiger partial charge in [0.25, 0.3) is 0 Å². The molecule has 0 aliphatic heterocycles. The molecule has 0 N–H and O–H groups in total. The van der Waals surface area contributed by atoms with Crippen LogP contribution in [0.15, 0.2) is 18.2 Å². The molecule has 11 heavy (non-hydrogen) atoms. The highest BCUT2D eigenvalue weighted by atomic mass is 127. The minimum atomic E-state index is -0.414. The SMILES string of the molecule is COc1ccc(CF)c(I)c1. The molecule has 3 heteroatoms. The van der Waals surface area contributed by atoms with Crippen LogP contribution >= 0.6 is 22.6 Å². The fraction of sp³-hybridized carbons (Fsp3) is 0.250. The van der Waals surface area contributed by atoms with Crippen molar-refractivity contribution in [3.63, 3.8) is 0 Å². The maximum Gasteiger partial charge on any atom is 0.119 e. The van der Waals surface area contributed by atoms with Crippen LogP contribution in [0.2, 0.25) is 0 Å². The Hall–Kier alpha value is -0.320. The highest BCUT2D eigenvalue weighted by Gasteiger charge is 1.99. The summed E-state index contributed by atoms with van der Waals surface area (Å²) in [5, 5.41) is 0. The van der Waals surface area contributed by atoms with Crippen molar-refractivity contribution in [2.24, 2.45) is 0 Å². The molecule has 1 aromatic rings. The molecule has 0 heterocycles. The number of hydrogen-bond acceptors (Lipinski definition) is 1. The molecule has 0 aromatic heterocycles. The molecule has 0 fully saturated rings. The molecule has 1 rings (SSSR count). The summed E-state index contributed by atoms with van der Waals surface area (Å²) in [7, 11) is 1.60. The minimum Gasteiger partial charge on any atom is -0.497 e. The minimum absolute atomic E-state index is 0.414. The van der Waals surface area contributed by atoms with Gasteiger partial charge >= 0.3 is 0 Å². The molecule has 60 valence electrons. The topological polar surface area (TPSA) is 9.23 Å². The number of ether oxygens (including phenoxy) is 1. The summed E-state index contributed by atoms with van der Waals surface area (Å²) in [5.41, 5.74) is 0.714. The lowest BCUT2D eigenvalue weighted by molar-refractivity contribution is 0.413. The average molecular weight is 266 g/mol. The van der Waals surface area contributed by atoms with Crippen molar-refractivity contribution in [3.8, 4) is 5.75 Å². The van der Waals surface area contributed by atoms with Crippen LogP contribution in [0.25, 0.3) is 0 Å². The van der Waals surface area contributed by atoms with Gasteiger partial charge in [-0.25, -0.2) is 4.39 Å². The van der Waals surface area contributed by atoms with Gasteiger partial charge < -0.3 is 4.74 Å². The molecule has 0 aliphatic rings. The number of halogens is 2. The standard InChI is InChI=1S/C8H8FIO/c1-11-7-3-2-6(5-9)8(10)4-7/h2-4H,5H2,1H3. The van der Waals surface area contributed by atoms with Crippen molar-refractivity contribution in [1.82, 2.24) is 0 Å². The zero-order valence-electron chi connectivity index (χ0n) is 6.10. The smallest absolute Gasteiger partial charge is 0.119 e. The van der Waals surface area contributed by atoms with Crippen molar-refractivity contribution < 1.29 is 9.13 Å². The van der Waals surface area contributed by atoms with E-state index in [1.54, 1.807) is 19.2 Å². The molecular weight excluding hydrogens is 258 g/mol. The predicted molar refractivity (Wildman–Crippen MR) is 50.5 cm³/mol. The van der Waals surface area contributed by atoms with E-state index in [2.05, 4.69) is 22.6 Å². The number of hydrogen-bond donors (Lipinski definition) is 0. The lowest BCUT2D eigenvalue weighted by atomic mass is 10.2. The second kappa shape index (κ2) is 3.90. The summed E-state index contributed by atoms with van der Waals surface area (Å²) < 4.78 is 18.1. The van der Waals surface area contributed by atoms with Gasteiger partial charge in [0.1, 0.15) is 12.4 Å². The van der Waals surface area contributed by atoms with Crippen LogP contribution in [0.1, 0.15) is 5.56 Å². The van der Waals surface area contributed by atoms with Crippen LogP contribution in [0.4, 0.5) is 4.39 Å². The van der Waals surface area contributed by atoms with Crippen molar-refractivity contribution in [2.45, 2.75) is 6.67 Å². The molecule has 0 radical (unpaired) electrons. The molecule has 0 bridgehead atoms. The molecule has 0 amide bonds. The Morgan fingerprint density at radius 3 is 2.73 bits per heavy atom. The van der Waals surface area contributed by atoms with Crippen LogP contribution in [-0.4, -0.2) is 7.11 Å². The second-order valence-corrected chi connectivity index (χ2v) is 3.25. The number of alkyl halides is 1. The Bertz CT molecular complexity index is 250. The maximum atomic E-state index is 12.2. The van der Waals surface area contributed by atoms with E-state index < -0.39 is 6.67 Å². The van der Waals surface area contributed by atoms with Crippen LogP contribution in [0.3, 0.4) is 0 Å². The van der Waals surface area contributed by atoms with Crippen LogP contribution in [0, 0.1) is 3.57 Å². The molecule has 1 aromatic carbocycles. The van der Waals surface area contributed by atoms with Crippen molar-refractivity contribution in [3.05, 3.63) is 27.3 Å². The van der Waals surface area contributed by atoms with Crippen molar-refractivity contribution in [1.29, 1.82) is 0 Å². The first kappa shape index (κ1) is 8.77. The van der Waals surface area contributed by atoms with Gasteiger partial charge in [-0.3, -0.25) is 0 Å². The van der Waals surface area contributed by atoms with Gasteiger partial charge in [-0.1, -0.05) is 6.07 Å². The highest BCUT2D eigenvalue weighted by molar-refractivity contribution is 14.1. The molecule has 0 spiro atoms. The van der Waals surface area contributed by atoms with E-state index in [-0.39, 0.29) is 0 Å². The lowest BCUT2D eigenvalue weighted by Gasteiger charge is -2.02. The van der Waals surface area contributed by atoms with Gasteiger partial charge in [0, 0.05) is 3.57 Å². The van der Waals surface area contributed by atoms with Crippen molar-refractivity contribution >= 4 is 22.6 Å². The number of rotatable bonds is 2. The largest absolute Gasteiger partial charge is 0.497 e. The summed E-state index contributed by atoms with van der Waals surface area (Å²) in [5.74, 6) is 0.770. The molecule has 1 nitrogen and oxygen atoms in total. The molecule has 0 unspecified atom stereocenters. The number of benzene rings is 1. The average Bonchev–Trinajstić information content (AvgIpc) is 2.04.